The molecular weight excluding hydrogens is 456 g/mol. The van der Waals surface area contributed by atoms with E-state index in [9.17, 15) is 27.2 Å². The smallest absolute Gasteiger partial charge is 0.416 e. The van der Waals surface area contributed by atoms with Crippen LogP contribution in [0.25, 0.3) is 0 Å². The Morgan fingerprint density at radius 3 is 2.65 bits per heavy atom. The van der Waals surface area contributed by atoms with E-state index in [0.29, 0.717) is 11.1 Å². The maximum atomic E-state index is 13.8. The van der Waals surface area contributed by atoms with Crippen LogP contribution < -0.4 is 20.7 Å². The van der Waals surface area contributed by atoms with Crippen LogP contribution in [0.5, 0.6) is 5.88 Å². The van der Waals surface area contributed by atoms with Crippen molar-refractivity contribution in [2.75, 3.05) is 13.3 Å². The molecule has 2 heterocycles. The number of halogens is 4. The molecule has 1 fully saturated rings. The Balaban J connectivity index is 1.86. The van der Waals surface area contributed by atoms with E-state index < -0.39 is 36.5 Å². The van der Waals surface area contributed by atoms with E-state index in [1.165, 1.54) is 24.4 Å². The van der Waals surface area contributed by atoms with Crippen molar-refractivity contribution in [2.24, 2.45) is 5.92 Å². The Kier molecular flexibility index (Phi) is 8.08. The van der Waals surface area contributed by atoms with Gasteiger partial charge in [0.2, 0.25) is 17.7 Å². The summed E-state index contributed by atoms with van der Waals surface area (Å²) >= 11 is 0. The van der Waals surface area contributed by atoms with Gasteiger partial charge in [0, 0.05) is 42.8 Å². The second-order valence-corrected chi connectivity index (χ2v) is 8.18. The van der Waals surface area contributed by atoms with Crippen LogP contribution in [0.15, 0.2) is 36.5 Å². The number of benzene rings is 1. The standard InChI is InChI=1S/C23H26F4N4O3/c1-13(2)22(33)29-11-14-3-5-17(23(25,26)27)16(9-14)21-30-18(10-19(32)31-21)15-4-6-20(28-12-15)34-8-7-24/h3-6,9,12-13,18,21,30H,7-8,10-11H2,1-2H3,(H,29,33)(H,31,32). The molecular formula is C23H26F4N4O3. The highest BCUT2D eigenvalue weighted by Crippen LogP contribution is 2.36. The van der Waals surface area contributed by atoms with Gasteiger partial charge < -0.3 is 15.4 Å². The average Bonchev–Trinajstić information content (AvgIpc) is 2.80. The van der Waals surface area contributed by atoms with Crippen molar-refractivity contribution in [1.29, 1.82) is 0 Å². The maximum Gasteiger partial charge on any atom is 0.416 e. The first kappa shape index (κ1) is 25.4. The third-order valence-electron chi connectivity index (χ3n) is 5.27. The highest BCUT2D eigenvalue weighted by atomic mass is 19.4. The van der Waals surface area contributed by atoms with Crippen molar-refractivity contribution >= 4 is 11.8 Å². The summed E-state index contributed by atoms with van der Waals surface area (Å²) < 4.78 is 58.6. The van der Waals surface area contributed by atoms with Gasteiger partial charge in [0.25, 0.3) is 0 Å². The topological polar surface area (TPSA) is 92.4 Å². The lowest BCUT2D eigenvalue weighted by Crippen LogP contribution is -2.47. The molecule has 1 saturated heterocycles. The van der Waals surface area contributed by atoms with Crippen molar-refractivity contribution in [2.45, 2.75) is 45.2 Å². The van der Waals surface area contributed by atoms with Gasteiger partial charge in [-0.3, -0.25) is 14.9 Å². The molecule has 1 aromatic carbocycles. The van der Waals surface area contributed by atoms with Gasteiger partial charge in [-0.15, -0.1) is 0 Å². The molecule has 3 rings (SSSR count). The molecule has 3 N–H and O–H groups in total. The van der Waals surface area contributed by atoms with E-state index in [-0.39, 0.29) is 42.8 Å². The average molecular weight is 482 g/mol. The predicted molar refractivity (Wildman–Crippen MR) is 115 cm³/mol. The number of hydrogen-bond acceptors (Lipinski definition) is 5. The van der Waals surface area contributed by atoms with Crippen molar-refractivity contribution in [3.63, 3.8) is 0 Å². The summed E-state index contributed by atoms with van der Waals surface area (Å²) in [6, 6.07) is 6.10. The molecule has 1 aliphatic heterocycles. The lowest BCUT2D eigenvalue weighted by Gasteiger charge is -2.33. The molecule has 0 radical (unpaired) electrons. The molecule has 2 atom stereocenters. The highest BCUT2D eigenvalue weighted by Gasteiger charge is 2.38. The van der Waals surface area contributed by atoms with E-state index in [4.69, 9.17) is 4.74 Å². The third-order valence-corrected chi connectivity index (χ3v) is 5.27. The number of hydrogen-bond donors (Lipinski definition) is 3. The number of nitrogens with one attached hydrogen (secondary N) is 3. The van der Waals surface area contributed by atoms with E-state index in [0.717, 1.165) is 6.07 Å². The van der Waals surface area contributed by atoms with Crippen molar-refractivity contribution < 1.29 is 31.9 Å². The summed E-state index contributed by atoms with van der Waals surface area (Å²) in [7, 11) is 0. The molecule has 2 aromatic rings. The number of carbonyl (C=O) groups is 2. The number of carbonyl (C=O) groups excluding carboxylic acids is 2. The van der Waals surface area contributed by atoms with E-state index in [1.54, 1.807) is 19.9 Å². The van der Waals surface area contributed by atoms with Gasteiger partial charge in [0.05, 0.1) is 5.56 Å². The van der Waals surface area contributed by atoms with Crippen LogP contribution >= 0.6 is 0 Å². The molecule has 184 valence electrons. The first-order valence-electron chi connectivity index (χ1n) is 10.8. The summed E-state index contributed by atoms with van der Waals surface area (Å²) in [5, 5.41) is 8.29. The normalized spacial score (nSPS) is 18.5. The SMILES string of the molecule is CC(C)C(=O)NCc1ccc(C(F)(F)F)c(C2NC(=O)CC(c3ccc(OCCF)nc3)N2)c1. The van der Waals surface area contributed by atoms with Crippen LogP contribution in [0.3, 0.4) is 0 Å². The summed E-state index contributed by atoms with van der Waals surface area (Å²) in [5.41, 5.74) is -0.0109. The molecule has 2 unspecified atom stereocenters. The first-order chi connectivity index (χ1) is 16.1. The number of nitrogens with zero attached hydrogens (tertiary/aromatic N) is 1. The molecule has 0 spiro atoms. The van der Waals surface area contributed by atoms with Crippen LogP contribution in [0.2, 0.25) is 0 Å². The van der Waals surface area contributed by atoms with Gasteiger partial charge in [0.1, 0.15) is 19.4 Å². The molecule has 11 heteroatoms. The van der Waals surface area contributed by atoms with Crippen LogP contribution in [-0.4, -0.2) is 30.1 Å². The molecule has 1 aliphatic rings. The largest absolute Gasteiger partial charge is 0.475 e. The summed E-state index contributed by atoms with van der Waals surface area (Å²) in [6.45, 7) is 2.66. The Hall–Kier alpha value is -3.21. The summed E-state index contributed by atoms with van der Waals surface area (Å²) in [5.74, 6) is -0.722. The molecule has 34 heavy (non-hydrogen) atoms. The number of pyridine rings is 1. The molecule has 0 aliphatic carbocycles. The van der Waals surface area contributed by atoms with Crippen LogP contribution in [-0.2, 0) is 22.3 Å². The molecule has 0 bridgehead atoms. The minimum absolute atomic E-state index is 0.00560. The van der Waals surface area contributed by atoms with Gasteiger partial charge in [-0.2, -0.15) is 13.2 Å². The second-order valence-electron chi connectivity index (χ2n) is 8.18. The number of aromatic nitrogens is 1. The van der Waals surface area contributed by atoms with Crippen LogP contribution in [0.1, 0.15) is 54.7 Å². The second kappa shape index (κ2) is 10.8. The predicted octanol–water partition coefficient (Wildman–Crippen LogP) is 3.57. The van der Waals surface area contributed by atoms with Crippen LogP contribution in [0, 0.1) is 5.92 Å². The van der Waals surface area contributed by atoms with Gasteiger partial charge in [-0.25, -0.2) is 9.37 Å². The molecule has 0 saturated carbocycles. The maximum absolute atomic E-state index is 13.8. The fourth-order valence-corrected chi connectivity index (χ4v) is 3.53. The lowest BCUT2D eigenvalue weighted by atomic mass is 9.96. The summed E-state index contributed by atoms with van der Waals surface area (Å²) in [6.07, 6.45) is -4.34. The van der Waals surface area contributed by atoms with Gasteiger partial charge >= 0.3 is 6.18 Å². The number of alkyl halides is 4. The zero-order valence-electron chi connectivity index (χ0n) is 18.7. The third kappa shape index (κ3) is 6.43. The minimum atomic E-state index is -4.65. The lowest BCUT2D eigenvalue weighted by molar-refractivity contribution is -0.139. The van der Waals surface area contributed by atoms with E-state index in [2.05, 4.69) is 20.9 Å². The van der Waals surface area contributed by atoms with E-state index in [1.807, 2.05) is 0 Å². The van der Waals surface area contributed by atoms with Gasteiger partial charge in [0.15, 0.2) is 0 Å². The molecule has 1 aromatic heterocycles. The Labute approximate surface area is 194 Å². The minimum Gasteiger partial charge on any atom is -0.475 e. The van der Waals surface area contributed by atoms with Gasteiger partial charge in [-0.05, 0) is 23.3 Å². The Morgan fingerprint density at radius 2 is 2.03 bits per heavy atom. The van der Waals surface area contributed by atoms with Crippen LogP contribution in [0.4, 0.5) is 17.6 Å². The monoisotopic (exact) mass is 482 g/mol. The zero-order chi connectivity index (χ0) is 24.9. The fraction of sp³-hybridized carbons (Fsp3) is 0.435. The van der Waals surface area contributed by atoms with Gasteiger partial charge in [-0.1, -0.05) is 26.0 Å². The zero-order valence-corrected chi connectivity index (χ0v) is 18.7. The number of rotatable bonds is 8. The molecule has 2 amide bonds. The highest BCUT2D eigenvalue weighted by molar-refractivity contribution is 5.78. The fourth-order valence-electron chi connectivity index (χ4n) is 3.53. The van der Waals surface area contributed by atoms with E-state index >= 15 is 0 Å². The number of amides is 2. The quantitative estimate of drug-likeness (QED) is 0.501. The summed E-state index contributed by atoms with van der Waals surface area (Å²) in [4.78, 5) is 28.3. The first-order valence-corrected chi connectivity index (χ1v) is 10.8. The Morgan fingerprint density at radius 1 is 1.26 bits per heavy atom. The van der Waals surface area contributed by atoms with Crippen molar-refractivity contribution in [1.82, 2.24) is 20.9 Å². The Bertz CT molecular complexity index is 1010. The number of ether oxygens (including phenoxy) is 1. The van der Waals surface area contributed by atoms with Crippen molar-refractivity contribution in [3.05, 3.63) is 58.8 Å². The molecule has 7 nitrogen and oxygen atoms in total. The van der Waals surface area contributed by atoms with Crippen molar-refractivity contribution in [3.8, 4) is 5.88 Å².